The van der Waals surface area contributed by atoms with E-state index in [9.17, 15) is 0 Å². The molecule has 4 aromatic heterocycles. The zero-order chi connectivity index (χ0) is 16.4. The van der Waals surface area contributed by atoms with Crippen LogP contribution in [0.2, 0.25) is 0 Å². The van der Waals surface area contributed by atoms with Gasteiger partial charge in [-0.15, -0.1) is 0 Å². The van der Waals surface area contributed by atoms with E-state index >= 15 is 0 Å². The lowest BCUT2D eigenvalue weighted by atomic mass is 10.0. The Kier molecular flexibility index (Phi) is 2.35. The first-order valence-corrected chi connectivity index (χ1v) is 8.34. The molecule has 0 spiro atoms. The number of rotatable bonds is 0. The lowest BCUT2D eigenvalue weighted by molar-refractivity contribution is 1.21. The van der Waals surface area contributed by atoms with Crippen molar-refractivity contribution in [3.63, 3.8) is 0 Å². The summed E-state index contributed by atoms with van der Waals surface area (Å²) in [4.78, 5) is 8.98. The summed E-state index contributed by atoms with van der Waals surface area (Å²) in [6.45, 7) is 0. The maximum absolute atomic E-state index is 4.69. The van der Waals surface area contributed by atoms with Crippen molar-refractivity contribution in [1.82, 2.24) is 14.4 Å². The number of benzene rings is 2. The van der Waals surface area contributed by atoms with Gasteiger partial charge in [0.25, 0.3) is 0 Å². The van der Waals surface area contributed by atoms with Crippen molar-refractivity contribution in [3.05, 3.63) is 79.4 Å². The van der Waals surface area contributed by atoms with Gasteiger partial charge in [0.2, 0.25) is 0 Å². The summed E-state index contributed by atoms with van der Waals surface area (Å²) < 4.78 is 2.23. The van der Waals surface area contributed by atoms with E-state index in [1.54, 1.807) is 0 Å². The highest BCUT2D eigenvalue weighted by atomic mass is 15.0. The standard InChI is InChI=1S/C22H13N3/c1-2-5-17-15(4-1)13-25-21(17)20-11-16-12-23-9-7-14(16)10-19(20)18-6-3-8-24-22(18)25/h1-13H. The van der Waals surface area contributed by atoms with E-state index in [1.807, 2.05) is 24.7 Å². The Morgan fingerprint density at radius 2 is 1.56 bits per heavy atom. The molecule has 0 fully saturated rings. The first-order valence-electron chi connectivity index (χ1n) is 8.34. The van der Waals surface area contributed by atoms with E-state index in [2.05, 4.69) is 69.1 Å². The minimum Gasteiger partial charge on any atom is -0.299 e. The van der Waals surface area contributed by atoms with E-state index in [0.29, 0.717) is 0 Å². The first-order chi connectivity index (χ1) is 12.4. The highest BCUT2D eigenvalue weighted by Gasteiger charge is 2.13. The van der Waals surface area contributed by atoms with Gasteiger partial charge < -0.3 is 0 Å². The third-order valence-corrected chi connectivity index (χ3v) is 5.06. The topological polar surface area (TPSA) is 30.2 Å². The van der Waals surface area contributed by atoms with Gasteiger partial charge >= 0.3 is 0 Å². The summed E-state index contributed by atoms with van der Waals surface area (Å²) in [6.07, 6.45) is 7.83. The van der Waals surface area contributed by atoms with Crippen molar-refractivity contribution in [2.75, 3.05) is 0 Å². The Morgan fingerprint density at radius 1 is 0.680 bits per heavy atom. The van der Waals surface area contributed by atoms with Gasteiger partial charge in [-0.05, 0) is 41.1 Å². The quantitative estimate of drug-likeness (QED) is 0.279. The molecule has 0 N–H and O–H groups in total. The second-order valence-corrected chi connectivity index (χ2v) is 6.43. The molecule has 6 rings (SSSR count). The molecular weight excluding hydrogens is 306 g/mol. The van der Waals surface area contributed by atoms with E-state index in [4.69, 9.17) is 0 Å². The Labute approximate surface area is 143 Å². The first kappa shape index (κ1) is 12.9. The number of hydrogen-bond donors (Lipinski definition) is 0. The Bertz CT molecular complexity index is 1440. The fourth-order valence-corrected chi connectivity index (χ4v) is 3.95. The van der Waals surface area contributed by atoms with Gasteiger partial charge in [-0.2, -0.15) is 0 Å². The molecule has 0 amide bonds. The number of fused-ring (bicyclic) bond motifs is 9. The molecule has 0 bridgehead atoms. The lowest BCUT2D eigenvalue weighted by Gasteiger charge is -2.10. The third-order valence-electron chi connectivity index (χ3n) is 5.06. The van der Waals surface area contributed by atoms with Gasteiger partial charge in [0.05, 0.1) is 5.52 Å². The molecule has 0 aliphatic rings. The van der Waals surface area contributed by atoms with E-state index in [0.717, 1.165) is 11.0 Å². The predicted molar refractivity (Wildman–Crippen MR) is 103 cm³/mol. The number of aromatic nitrogens is 3. The average molecular weight is 319 g/mol. The molecule has 6 aromatic rings. The molecule has 0 aliphatic carbocycles. The molecule has 25 heavy (non-hydrogen) atoms. The fourth-order valence-electron chi connectivity index (χ4n) is 3.95. The Hall–Kier alpha value is -3.46. The van der Waals surface area contributed by atoms with Crippen molar-refractivity contribution in [2.45, 2.75) is 0 Å². The maximum Gasteiger partial charge on any atom is 0.145 e. The van der Waals surface area contributed by atoms with Gasteiger partial charge in [-0.3, -0.25) is 9.38 Å². The van der Waals surface area contributed by atoms with Crippen LogP contribution in [-0.4, -0.2) is 14.4 Å². The second-order valence-electron chi connectivity index (χ2n) is 6.43. The van der Waals surface area contributed by atoms with Crippen LogP contribution in [0.25, 0.3) is 48.9 Å². The van der Waals surface area contributed by atoms with Gasteiger partial charge in [0.15, 0.2) is 0 Å². The zero-order valence-corrected chi connectivity index (χ0v) is 13.3. The van der Waals surface area contributed by atoms with Crippen LogP contribution in [0, 0.1) is 0 Å². The summed E-state index contributed by atoms with van der Waals surface area (Å²) in [7, 11) is 0. The summed E-state index contributed by atoms with van der Waals surface area (Å²) in [5.74, 6) is 0. The van der Waals surface area contributed by atoms with E-state index < -0.39 is 0 Å². The van der Waals surface area contributed by atoms with E-state index in [1.165, 1.54) is 37.8 Å². The van der Waals surface area contributed by atoms with Gasteiger partial charge in [-0.1, -0.05) is 24.3 Å². The SMILES string of the molecule is c1ccc2c(c1)cn1c3ncccc3c3cc4ccncc4cc3c21. The van der Waals surface area contributed by atoms with Crippen molar-refractivity contribution in [2.24, 2.45) is 0 Å². The van der Waals surface area contributed by atoms with Crippen LogP contribution in [-0.2, 0) is 0 Å². The Balaban J connectivity index is 2.03. The Morgan fingerprint density at radius 3 is 2.56 bits per heavy atom. The van der Waals surface area contributed by atoms with Gasteiger partial charge in [0, 0.05) is 51.7 Å². The minimum absolute atomic E-state index is 0.995. The molecule has 0 unspecified atom stereocenters. The van der Waals surface area contributed by atoms with Crippen LogP contribution >= 0.6 is 0 Å². The fraction of sp³-hybridized carbons (Fsp3) is 0. The van der Waals surface area contributed by atoms with E-state index in [-0.39, 0.29) is 0 Å². The maximum atomic E-state index is 4.69. The minimum atomic E-state index is 0.995. The van der Waals surface area contributed by atoms with Crippen LogP contribution in [0.5, 0.6) is 0 Å². The largest absolute Gasteiger partial charge is 0.299 e. The summed E-state index contributed by atoms with van der Waals surface area (Å²) in [5, 5.41) is 8.49. The molecule has 2 aromatic carbocycles. The molecule has 0 aliphatic heterocycles. The lowest BCUT2D eigenvalue weighted by Crippen LogP contribution is -1.92. The monoisotopic (exact) mass is 319 g/mol. The van der Waals surface area contributed by atoms with Crippen molar-refractivity contribution in [1.29, 1.82) is 0 Å². The molecular formula is C22H13N3. The van der Waals surface area contributed by atoms with Crippen LogP contribution < -0.4 is 0 Å². The summed E-state index contributed by atoms with van der Waals surface area (Å²) in [6, 6.07) is 19.3. The molecule has 3 heteroatoms. The smallest absolute Gasteiger partial charge is 0.145 e. The molecule has 0 saturated carbocycles. The number of nitrogens with zero attached hydrogens (tertiary/aromatic N) is 3. The van der Waals surface area contributed by atoms with Gasteiger partial charge in [-0.25, -0.2) is 4.98 Å². The highest BCUT2D eigenvalue weighted by molar-refractivity contribution is 6.21. The predicted octanol–water partition coefficient (Wildman–Crippen LogP) is 5.34. The summed E-state index contributed by atoms with van der Waals surface area (Å²) >= 11 is 0. The number of pyridine rings is 3. The normalized spacial score (nSPS) is 12.0. The van der Waals surface area contributed by atoms with Crippen LogP contribution in [0.1, 0.15) is 0 Å². The highest BCUT2D eigenvalue weighted by Crippen LogP contribution is 2.36. The molecule has 116 valence electrons. The van der Waals surface area contributed by atoms with Crippen molar-refractivity contribution >= 4 is 48.9 Å². The molecule has 4 heterocycles. The average Bonchev–Trinajstić information content (AvgIpc) is 3.07. The van der Waals surface area contributed by atoms with Crippen LogP contribution in [0.3, 0.4) is 0 Å². The van der Waals surface area contributed by atoms with Crippen LogP contribution in [0.4, 0.5) is 0 Å². The molecule has 0 radical (unpaired) electrons. The second kappa shape index (κ2) is 4.54. The zero-order valence-electron chi connectivity index (χ0n) is 13.3. The molecule has 3 nitrogen and oxygen atoms in total. The third kappa shape index (κ3) is 1.64. The molecule has 0 atom stereocenters. The molecule has 0 saturated heterocycles. The summed E-state index contributed by atoms with van der Waals surface area (Å²) in [5.41, 5.74) is 2.21. The van der Waals surface area contributed by atoms with Crippen molar-refractivity contribution in [3.8, 4) is 0 Å². The van der Waals surface area contributed by atoms with Crippen molar-refractivity contribution < 1.29 is 0 Å². The van der Waals surface area contributed by atoms with Crippen LogP contribution in [0.15, 0.2) is 79.4 Å². The number of hydrogen-bond acceptors (Lipinski definition) is 2. The van der Waals surface area contributed by atoms with Gasteiger partial charge in [0.1, 0.15) is 5.65 Å².